The summed E-state index contributed by atoms with van der Waals surface area (Å²) in [6.07, 6.45) is -2.75. The number of benzene rings is 3. The van der Waals surface area contributed by atoms with Crippen molar-refractivity contribution in [3.63, 3.8) is 0 Å². The molecule has 1 aliphatic heterocycles. The topological polar surface area (TPSA) is 54.9 Å². The number of aryl methyl sites for hydroxylation is 1. The largest absolute Gasteiger partial charge is 0.416 e. The lowest BCUT2D eigenvalue weighted by Crippen LogP contribution is -2.21. The Kier molecular flexibility index (Phi) is 5.07. The zero-order valence-electron chi connectivity index (χ0n) is 17.7. The molecule has 34 heavy (non-hydrogen) atoms. The summed E-state index contributed by atoms with van der Waals surface area (Å²) in [5.74, 6) is -2.05. The third-order valence-electron chi connectivity index (χ3n) is 5.88. The molecule has 5 rings (SSSR count). The van der Waals surface area contributed by atoms with E-state index in [0.29, 0.717) is 40.1 Å². The molecule has 0 radical (unpaired) electrons. The van der Waals surface area contributed by atoms with E-state index >= 15 is 0 Å². The molecule has 0 fully saturated rings. The molecule has 1 atom stereocenters. The van der Waals surface area contributed by atoms with Gasteiger partial charge in [-0.25, -0.2) is 18.7 Å². The zero-order valence-corrected chi connectivity index (χ0v) is 17.7. The van der Waals surface area contributed by atoms with E-state index in [1.54, 1.807) is 18.2 Å². The molecule has 0 saturated heterocycles. The van der Waals surface area contributed by atoms with Crippen molar-refractivity contribution < 1.29 is 26.7 Å². The molecule has 1 aromatic heterocycles. The number of hydrogen-bond acceptors (Lipinski definition) is 3. The molecular formula is C25H16F5N3O. The normalized spacial score (nSPS) is 15.5. The lowest BCUT2D eigenvalue weighted by molar-refractivity contribution is -0.137. The Morgan fingerprint density at radius 2 is 1.79 bits per heavy atom. The molecule has 1 amide bonds. The van der Waals surface area contributed by atoms with Gasteiger partial charge in [-0.05, 0) is 53.9 Å². The van der Waals surface area contributed by atoms with Crippen LogP contribution < -0.4 is 5.32 Å². The third kappa shape index (κ3) is 3.67. The fraction of sp³-hybridized carbons (Fsp3) is 0.160. The summed E-state index contributed by atoms with van der Waals surface area (Å²) in [5.41, 5.74) is 1.18. The van der Waals surface area contributed by atoms with Gasteiger partial charge in [0.15, 0.2) is 5.82 Å². The average Bonchev–Trinajstić information content (AvgIpc) is 3.14. The first-order valence-electron chi connectivity index (χ1n) is 10.4. The summed E-state index contributed by atoms with van der Waals surface area (Å²) in [6, 6.07) is 8.94. The monoisotopic (exact) mass is 469 g/mol. The quantitative estimate of drug-likeness (QED) is 0.375. The summed E-state index contributed by atoms with van der Waals surface area (Å²) in [5, 5.41) is 3.39. The molecule has 2 heterocycles. The second-order valence-electron chi connectivity index (χ2n) is 7.99. The SMILES string of the molecule is CCc1ccc(F)cc1C1NC(=O)c2ccc3cnc(-c4cc(F)cc(C(F)(F)F)c4)nc3c21. The molecule has 0 spiro atoms. The first kappa shape index (κ1) is 21.9. The highest BCUT2D eigenvalue weighted by Crippen LogP contribution is 2.38. The first-order chi connectivity index (χ1) is 16.2. The van der Waals surface area contributed by atoms with Crippen LogP contribution in [0.15, 0.2) is 54.7 Å². The van der Waals surface area contributed by atoms with Crippen LogP contribution in [-0.2, 0) is 12.6 Å². The minimum Gasteiger partial charge on any atom is -0.341 e. The number of aromatic nitrogens is 2. The number of hydrogen-bond donors (Lipinski definition) is 1. The molecule has 4 nitrogen and oxygen atoms in total. The highest BCUT2D eigenvalue weighted by Gasteiger charge is 2.34. The Morgan fingerprint density at radius 3 is 2.53 bits per heavy atom. The molecule has 0 saturated carbocycles. The maximum atomic E-state index is 14.1. The van der Waals surface area contributed by atoms with Gasteiger partial charge in [0.25, 0.3) is 5.91 Å². The highest BCUT2D eigenvalue weighted by atomic mass is 19.4. The van der Waals surface area contributed by atoms with Crippen LogP contribution in [0.4, 0.5) is 22.0 Å². The Balaban J connectivity index is 1.73. The highest BCUT2D eigenvalue weighted by molar-refractivity contribution is 6.05. The Labute approximate surface area is 190 Å². The van der Waals surface area contributed by atoms with E-state index in [-0.39, 0.29) is 17.3 Å². The standard InChI is InChI=1S/C25H16F5N3O/c1-2-12-3-5-16(26)10-19(12)22-20-18(24(34)33-22)6-4-13-11-31-23(32-21(13)20)14-7-15(25(28,29)30)9-17(27)8-14/h3-11,22H,2H2,1H3,(H,33,34). The Morgan fingerprint density at radius 1 is 1.00 bits per heavy atom. The number of carbonyl (C=O) groups is 1. The smallest absolute Gasteiger partial charge is 0.341 e. The van der Waals surface area contributed by atoms with Gasteiger partial charge in [-0.3, -0.25) is 4.79 Å². The lowest BCUT2D eigenvalue weighted by Gasteiger charge is -2.18. The van der Waals surface area contributed by atoms with Crippen molar-refractivity contribution in [1.29, 1.82) is 0 Å². The molecule has 1 N–H and O–H groups in total. The second-order valence-corrected chi connectivity index (χ2v) is 7.99. The second kappa shape index (κ2) is 7.86. The zero-order chi connectivity index (χ0) is 24.2. The number of nitrogens with zero attached hydrogens (tertiary/aromatic N) is 2. The van der Waals surface area contributed by atoms with Crippen LogP contribution in [0.25, 0.3) is 22.3 Å². The predicted molar refractivity (Wildman–Crippen MR) is 115 cm³/mol. The van der Waals surface area contributed by atoms with Gasteiger partial charge in [0.2, 0.25) is 0 Å². The van der Waals surface area contributed by atoms with E-state index in [0.717, 1.165) is 17.7 Å². The predicted octanol–water partition coefficient (Wildman–Crippen LogP) is 5.99. The van der Waals surface area contributed by atoms with Crippen LogP contribution in [0.5, 0.6) is 0 Å². The van der Waals surface area contributed by atoms with Crippen molar-refractivity contribution in [2.24, 2.45) is 0 Å². The van der Waals surface area contributed by atoms with Crippen LogP contribution in [0.3, 0.4) is 0 Å². The van der Waals surface area contributed by atoms with Crippen molar-refractivity contribution >= 4 is 16.8 Å². The molecule has 0 aliphatic carbocycles. The fourth-order valence-corrected chi connectivity index (χ4v) is 4.30. The van der Waals surface area contributed by atoms with Crippen molar-refractivity contribution in [3.8, 4) is 11.4 Å². The van der Waals surface area contributed by atoms with E-state index in [2.05, 4.69) is 15.3 Å². The minimum atomic E-state index is -4.75. The fourth-order valence-electron chi connectivity index (χ4n) is 4.30. The van der Waals surface area contributed by atoms with E-state index < -0.39 is 29.4 Å². The van der Waals surface area contributed by atoms with Gasteiger partial charge < -0.3 is 5.32 Å². The summed E-state index contributed by atoms with van der Waals surface area (Å²) >= 11 is 0. The Hall–Kier alpha value is -3.88. The molecule has 0 bridgehead atoms. The van der Waals surface area contributed by atoms with Gasteiger partial charge in [0.05, 0.1) is 17.1 Å². The van der Waals surface area contributed by atoms with Crippen molar-refractivity contribution in [2.45, 2.75) is 25.6 Å². The van der Waals surface area contributed by atoms with Crippen molar-refractivity contribution in [1.82, 2.24) is 15.3 Å². The number of alkyl halides is 3. The summed E-state index contributed by atoms with van der Waals surface area (Å²) in [6.45, 7) is 1.90. The van der Waals surface area contributed by atoms with Crippen molar-refractivity contribution in [2.75, 3.05) is 0 Å². The van der Waals surface area contributed by atoms with Gasteiger partial charge in [0.1, 0.15) is 11.6 Å². The summed E-state index contributed by atoms with van der Waals surface area (Å²) in [7, 11) is 0. The van der Waals surface area contributed by atoms with Crippen LogP contribution in [0.2, 0.25) is 0 Å². The van der Waals surface area contributed by atoms with Gasteiger partial charge in [-0.15, -0.1) is 0 Å². The summed E-state index contributed by atoms with van der Waals surface area (Å²) in [4.78, 5) is 21.3. The number of carbonyl (C=O) groups excluding carboxylic acids is 1. The molecule has 172 valence electrons. The van der Waals surface area contributed by atoms with E-state index in [1.165, 1.54) is 18.3 Å². The minimum absolute atomic E-state index is 0.126. The molecule has 1 aliphatic rings. The molecule has 1 unspecified atom stereocenters. The molecule has 9 heteroatoms. The van der Waals surface area contributed by atoms with Gasteiger partial charge >= 0.3 is 6.18 Å². The number of amides is 1. The number of halogens is 5. The van der Waals surface area contributed by atoms with Crippen LogP contribution in [0, 0.1) is 11.6 Å². The lowest BCUT2D eigenvalue weighted by atomic mass is 9.92. The van der Waals surface area contributed by atoms with E-state index in [9.17, 15) is 26.7 Å². The van der Waals surface area contributed by atoms with E-state index in [1.807, 2.05) is 6.92 Å². The third-order valence-corrected chi connectivity index (χ3v) is 5.88. The number of nitrogens with one attached hydrogen (secondary N) is 1. The maximum absolute atomic E-state index is 14.1. The first-order valence-corrected chi connectivity index (χ1v) is 10.4. The van der Waals surface area contributed by atoms with Gasteiger partial charge in [-0.1, -0.05) is 19.1 Å². The molecule has 4 aromatic rings. The number of fused-ring (bicyclic) bond motifs is 3. The molecular weight excluding hydrogens is 453 g/mol. The van der Waals surface area contributed by atoms with E-state index in [4.69, 9.17) is 0 Å². The molecule has 3 aromatic carbocycles. The number of rotatable bonds is 3. The maximum Gasteiger partial charge on any atom is 0.416 e. The van der Waals surface area contributed by atoms with Gasteiger partial charge in [0, 0.05) is 28.3 Å². The Bertz CT molecular complexity index is 1470. The van der Waals surface area contributed by atoms with Crippen LogP contribution in [0.1, 0.15) is 45.6 Å². The van der Waals surface area contributed by atoms with Crippen LogP contribution >= 0.6 is 0 Å². The van der Waals surface area contributed by atoms with Crippen LogP contribution in [-0.4, -0.2) is 15.9 Å². The van der Waals surface area contributed by atoms with Crippen molar-refractivity contribution in [3.05, 3.63) is 94.2 Å². The average molecular weight is 469 g/mol. The van der Waals surface area contributed by atoms with Gasteiger partial charge in [-0.2, -0.15) is 13.2 Å². The summed E-state index contributed by atoms with van der Waals surface area (Å²) < 4.78 is 67.7.